The molecule has 3 N–H and O–H groups in total. The molecule has 5 unspecified atom stereocenters. The molecule has 0 aromatic heterocycles. The van der Waals surface area contributed by atoms with E-state index in [2.05, 4.69) is 113 Å². The highest BCUT2D eigenvalue weighted by molar-refractivity contribution is 7.47. The first-order valence-corrected chi connectivity index (χ1v) is 40.1. The molecule has 19 heteroatoms. The second-order valence-electron chi connectivity index (χ2n) is 24.5. The molecule has 5 atom stereocenters. The van der Waals surface area contributed by atoms with Crippen LogP contribution in [-0.4, -0.2) is 96.7 Å². The summed E-state index contributed by atoms with van der Waals surface area (Å²) in [6.07, 6.45) is 72.6. The summed E-state index contributed by atoms with van der Waals surface area (Å²) in [5, 5.41) is 10.6. The van der Waals surface area contributed by atoms with E-state index in [-0.39, 0.29) is 25.7 Å². The molecule has 0 spiro atoms. The summed E-state index contributed by atoms with van der Waals surface area (Å²) in [5.74, 6) is -2.34. The van der Waals surface area contributed by atoms with Crippen molar-refractivity contribution in [1.29, 1.82) is 0 Å². The lowest BCUT2D eigenvalue weighted by atomic mass is 10.1. The van der Waals surface area contributed by atoms with Crippen LogP contribution in [0.4, 0.5) is 0 Å². The predicted molar refractivity (Wildman–Crippen MR) is 390 cm³/mol. The monoisotopic (exact) mass is 1390 g/mol. The molecule has 0 aliphatic carbocycles. The van der Waals surface area contributed by atoms with Crippen molar-refractivity contribution >= 4 is 39.5 Å². The minimum atomic E-state index is -4.99. The van der Waals surface area contributed by atoms with E-state index in [1.54, 1.807) is 6.08 Å². The van der Waals surface area contributed by atoms with Gasteiger partial charge in [0.05, 0.1) is 32.8 Å². The molecule has 0 aliphatic heterocycles. The number of phosphoric acid groups is 2. The van der Waals surface area contributed by atoms with Crippen molar-refractivity contribution in [2.75, 3.05) is 39.6 Å². The molecule has 0 fully saturated rings. The lowest BCUT2D eigenvalue weighted by molar-refractivity contribution is -0.161. The predicted octanol–water partition coefficient (Wildman–Crippen LogP) is 21.0. The third-order valence-corrected chi connectivity index (χ3v) is 17.2. The molecule has 0 saturated heterocycles. The number of aliphatic hydroxyl groups is 1. The fourth-order valence-electron chi connectivity index (χ4n) is 9.65. The first-order chi connectivity index (χ1) is 46.7. The van der Waals surface area contributed by atoms with E-state index in [0.29, 0.717) is 25.7 Å². The van der Waals surface area contributed by atoms with Gasteiger partial charge in [0.2, 0.25) is 0 Å². The van der Waals surface area contributed by atoms with Gasteiger partial charge in [0.15, 0.2) is 12.2 Å². The first kappa shape index (κ1) is 91.7. The number of unbranched alkanes of at least 4 members (excludes halogenated alkanes) is 26. The molecule has 0 aliphatic rings. The van der Waals surface area contributed by atoms with E-state index in [4.69, 9.17) is 37.0 Å². The Labute approximate surface area is 581 Å². The number of aliphatic hydroxyl groups excluding tert-OH is 1. The number of esters is 4. The lowest BCUT2D eigenvalue weighted by Gasteiger charge is -2.21. The summed E-state index contributed by atoms with van der Waals surface area (Å²) in [4.78, 5) is 72.6. The fraction of sp³-hybridized carbons (Fsp3) is 0.714. The fourth-order valence-corrected chi connectivity index (χ4v) is 11.2. The van der Waals surface area contributed by atoms with Gasteiger partial charge in [-0.15, -0.1) is 0 Å². The standard InChI is InChI=1S/C77H132O17P2/c1-5-9-13-17-21-25-29-32-35-38-42-45-49-53-57-61-74(79)87-67-72(93-76(81)63-59-55-51-47-41-28-24-20-16-12-8-4)69-91-95(83,84)89-65-71(78)66-90-96(85,86)92-70-73(94-77(82)64-60-56-52-48-44-40-37-34-31-27-23-19-15-11-7-3)68-88-75(80)62-58-54-50-46-43-39-36-33-30-26-22-18-14-10-6-2/h9-10,13-14,21-22,25-26,32-37,43,46,54,58,71-73,78H,5-8,11-12,15-20,23-24,27-31,38-42,44-45,47-53,55-57,59-70H2,1-4H3,(H,83,84)(H,85,86)/b13-9-,14-10-,25-21-,26-22-,35-32-,36-33-,37-34-,46-43-,58-54-. The second kappa shape index (κ2) is 69.2. The van der Waals surface area contributed by atoms with Crippen molar-refractivity contribution in [3.8, 4) is 0 Å². The minimum Gasteiger partial charge on any atom is -0.462 e. The molecule has 0 amide bonds. The molecule has 0 bridgehead atoms. The molecule has 552 valence electrons. The zero-order chi connectivity index (χ0) is 70.4. The average molecular weight is 1390 g/mol. The first-order valence-electron chi connectivity index (χ1n) is 37.1. The molecule has 0 heterocycles. The molecule has 0 saturated carbocycles. The number of carbonyl (C=O) groups is 4. The summed E-state index contributed by atoms with van der Waals surface area (Å²) in [6.45, 7) is 4.49. The highest BCUT2D eigenvalue weighted by Gasteiger charge is 2.30. The Bertz CT molecular complexity index is 2250. The summed E-state index contributed by atoms with van der Waals surface area (Å²) in [6, 6.07) is 0. The van der Waals surface area contributed by atoms with Gasteiger partial charge in [0.1, 0.15) is 19.3 Å². The van der Waals surface area contributed by atoms with Gasteiger partial charge in [-0.25, -0.2) is 9.13 Å². The third-order valence-electron chi connectivity index (χ3n) is 15.3. The van der Waals surface area contributed by atoms with Crippen molar-refractivity contribution in [3.63, 3.8) is 0 Å². The van der Waals surface area contributed by atoms with Crippen LogP contribution in [0.5, 0.6) is 0 Å². The van der Waals surface area contributed by atoms with Crippen LogP contribution in [-0.2, 0) is 65.4 Å². The summed E-state index contributed by atoms with van der Waals surface area (Å²) in [7, 11) is -9.97. The van der Waals surface area contributed by atoms with Crippen LogP contribution in [0.1, 0.15) is 297 Å². The van der Waals surface area contributed by atoms with Gasteiger partial charge >= 0.3 is 39.5 Å². The van der Waals surface area contributed by atoms with E-state index >= 15 is 0 Å². The molecule has 0 rings (SSSR count). The Morgan fingerprint density at radius 2 is 0.583 bits per heavy atom. The Hall–Kier alpha value is -4.28. The number of hydrogen-bond donors (Lipinski definition) is 3. The van der Waals surface area contributed by atoms with Crippen LogP contribution in [0.2, 0.25) is 0 Å². The Kier molecular flexibility index (Phi) is 66.1. The number of allylic oxidation sites excluding steroid dienone is 17. The van der Waals surface area contributed by atoms with Crippen LogP contribution >= 0.6 is 15.6 Å². The van der Waals surface area contributed by atoms with Crippen LogP contribution in [0.25, 0.3) is 0 Å². The molecular formula is C77H132O17P2. The van der Waals surface area contributed by atoms with Crippen LogP contribution in [0.15, 0.2) is 109 Å². The summed E-state index contributed by atoms with van der Waals surface area (Å²) >= 11 is 0. The van der Waals surface area contributed by atoms with Gasteiger partial charge in [-0.05, 0) is 109 Å². The summed E-state index contributed by atoms with van der Waals surface area (Å²) in [5.41, 5.74) is 0. The van der Waals surface area contributed by atoms with E-state index in [1.807, 2.05) is 18.2 Å². The van der Waals surface area contributed by atoms with Crippen LogP contribution < -0.4 is 0 Å². The van der Waals surface area contributed by atoms with E-state index in [0.717, 1.165) is 141 Å². The largest absolute Gasteiger partial charge is 0.472 e. The maximum atomic E-state index is 13.0. The van der Waals surface area contributed by atoms with Crippen molar-refractivity contribution in [3.05, 3.63) is 109 Å². The smallest absolute Gasteiger partial charge is 0.462 e. The SMILES string of the molecule is CC/C=C\C/C=C\C/C=C\C/C=C\C/C=C\CC(=O)OCC(COP(=O)(O)OCC(O)COP(=O)(O)OCC(COC(=O)CCCCCCC/C=C\C/C=C\C/C=C\CC)OC(=O)CCCCCCCCCCCCC)OC(=O)CCCCCCC/C=C\CCCCCCCC. The number of carbonyl (C=O) groups excluding carboxylic acids is 4. The van der Waals surface area contributed by atoms with E-state index in [1.165, 1.54) is 77.0 Å². The van der Waals surface area contributed by atoms with Gasteiger partial charge in [-0.2, -0.15) is 0 Å². The Balaban J connectivity index is 5.40. The average Bonchev–Trinajstić information content (AvgIpc) is 1.09. The highest BCUT2D eigenvalue weighted by Crippen LogP contribution is 2.45. The number of phosphoric ester groups is 2. The lowest BCUT2D eigenvalue weighted by Crippen LogP contribution is -2.30. The van der Waals surface area contributed by atoms with Crippen LogP contribution in [0, 0.1) is 0 Å². The van der Waals surface area contributed by atoms with Crippen molar-refractivity contribution in [2.24, 2.45) is 0 Å². The van der Waals surface area contributed by atoms with Crippen molar-refractivity contribution in [2.45, 2.75) is 316 Å². The molecule has 0 aromatic carbocycles. The minimum absolute atomic E-state index is 0.0651. The number of ether oxygens (including phenoxy) is 4. The maximum absolute atomic E-state index is 13.0. The zero-order valence-corrected chi connectivity index (χ0v) is 61.8. The molecule has 17 nitrogen and oxygen atoms in total. The molecular weight excluding hydrogens is 1260 g/mol. The highest BCUT2D eigenvalue weighted by atomic mass is 31.2. The topological polar surface area (TPSA) is 237 Å². The number of hydrogen-bond acceptors (Lipinski definition) is 15. The molecule has 0 aromatic rings. The van der Waals surface area contributed by atoms with Crippen molar-refractivity contribution < 1.29 is 80.2 Å². The molecule has 96 heavy (non-hydrogen) atoms. The van der Waals surface area contributed by atoms with Gasteiger partial charge in [0.25, 0.3) is 0 Å². The van der Waals surface area contributed by atoms with Crippen LogP contribution in [0.3, 0.4) is 0 Å². The quantitative estimate of drug-likeness (QED) is 0.0169. The van der Waals surface area contributed by atoms with Crippen molar-refractivity contribution in [1.82, 2.24) is 0 Å². The maximum Gasteiger partial charge on any atom is 0.472 e. The van der Waals surface area contributed by atoms with Gasteiger partial charge in [-0.3, -0.25) is 37.3 Å². The van der Waals surface area contributed by atoms with Gasteiger partial charge < -0.3 is 33.8 Å². The third kappa shape index (κ3) is 68.3. The van der Waals surface area contributed by atoms with Gasteiger partial charge in [-0.1, -0.05) is 272 Å². The Morgan fingerprint density at radius 1 is 0.312 bits per heavy atom. The Morgan fingerprint density at radius 3 is 0.938 bits per heavy atom. The van der Waals surface area contributed by atoms with E-state index in [9.17, 15) is 43.2 Å². The zero-order valence-electron chi connectivity index (χ0n) is 60.0. The summed E-state index contributed by atoms with van der Waals surface area (Å²) < 4.78 is 68.2. The normalized spacial score (nSPS) is 14.6. The number of rotatable bonds is 69. The second-order valence-corrected chi connectivity index (χ2v) is 27.4. The van der Waals surface area contributed by atoms with Gasteiger partial charge in [0, 0.05) is 19.3 Å². The molecule has 0 radical (unpaired) electrons. The van der Waals surface area contributed by atoms with E-state index < -0.39 is 97.5 Å².